The third kappa shape index (κ3) is 2.44. The number of para-hydroxylation sites is 1. The van der Waals surface area contributed by atoms with Crippen molar-refractivity contribution in [2.75, 3.05) is 31.1 Å². The van der Waals surface area contributed by atoms with Crippen LogP contribution in [0, 0.1) is 0 Å². The molecule has 0 spiro atoms. The molecular formula is C20H19N5. The third-order valence-corrected chi connectivity index (χ3v) is 4.84. The number of nitrogens with one attached hydrogen (secondary N) is 1. The molecule has 1 saturated heterocycles. The number of fused-ring (bicyclic) bond motifs is 2. The van der Waals surface area contributed by atoms with E-state index in [0.29, 0.717) is 0 Å². The molecule has 1 aromatic carbocycles. The Morgan fingerprint density at radius 2 is 1.84 bits per heavy atom. The summed E-state index contributed by atoms with van der Waals surface area (Å²) in [5.41, 5.74) is 5.19. The Morgan fingerprint density at radius 1 is 0.920 bits per heavy atom. The van der Waals surface area contributed by atoms with Crippen LogP contribution in [0.25, 0.3) is 27.9 Å². The van der Waals surface area contributed by atoms with E-state index in [1.807, 2.05) is 30.6 Å². The summed E-state index contributed by atoms with van der Waals surface area (Å²) >= 11 is 0. The zero-order chi connectivity index (χ0) is 16.6. The lowest BCUT2D eigenvalue weighted by atomic mass is 10.1. The fourth-order valence-corrected chi connectivity index (χ4v) is 3.56. The van der Waals surface area contributed by atoms with Gasteiger partial charge in [0.2, 0.25) is 0 Å². The molecule has 0 atom stereocenters. The van der Waals surface area contributed by atoms with Gasteiger partial charge in [-0.15, -0.1) is 0 Å². The molecule has 0 unspecified atom stereocenters. The highest BCUT2D eigenvalue weighted by molar-refractivity contribution is 5.92. The van der Waals surface area contributed by atoms with Gasteiger partial charge in [0.1, 0.15) is 5.65 Å². The van der Waals surface area contributed by atoms with E-state index < -0.39 is 0 Å². The number of aromatic nitrogens is 3. The van der Waals surface area contributed by atoms with Gasteiger partial charge in [-0.2, -0.15) is 0 Å². The van der Waals surface area contributed by atoms with Crippen LogP contribution < -0.4 is 10.2 Å². The van der Waals surface area contributed by atoms with Crippen molar-refractivity contribution < 1.29 is 0 Å². The molecule has 1 aliphatic rings. The van der Waals surface area contributed by atoms with Crippen LogP contribution in [0.3, 0.4) is 0 Å². The molecule has 4 aromatic rings. The second-order valence-electron chi connectivity index (χ2n) is 6.35. The summed E-state index contributed by atoms with van der Waals surface area (Å²) in [4.78, 5) is 11.9. The largest absolute Gasteiger partial charge is 0.367 e. The first-order valence-corrected chi connectivity index (χ1v) is 8.68. The van der Waals surface area contributed by atoms with Crippen molar-refractivity contribution in [2.24, 2.45) is 0 Å². The summed E-state index contributed by atoms with van der Waals surface area (Å²) in [5, 5.41) is 4.59. The summed E-state index contributed by atoms with van der Waals surface area (Å²) < 4.78 is 2.08. The molecule has 1 N–H and O–H groups in total. The smallest absolute Gasteiger partial charge is 0.137 e. The molecule has 124 valence electrons. The maximum absolute atomic E-state index is 5.02. The summed E-state index contributed by atoms with van der Waals surface area (Å²) in [7, 11) is 0. The SMILES string of the molecule is c1cc(N2CCNCC2)c2nc(-c3cnc4ccccn34)ccc2c1. The molecule has 1 aliphatic heterocycles. The van der Waals surface area contributed by atoms with E-state index in [4.69, 9.17) is 4.98 Å². The fourth-order valence-electron chi connectivity index (χ4n) is 3.56. The number of hydrogen-bond acceptors (Lipinski definition) is 4. The standard InChI is InChI=1S/C20H19N5/c1-2-11-25-18(14-22-19(25)6-1)16-8-7-15-4-3-5-17(20(15)23-16)24-12-9-21-10-13-24/h1-8,11,14,21H,9-10,12-13H2. The number of piperazine rings is 1. The van der Waals surface area contributed by atoms with Crippen molar-refractivity contribution in [1.29, 1.82) is 0 Å². The van der Waals surface area contributed by atoms with Crippen molar-refractivity contribution in [2.45, 2.75) is 0 Å². The molecule has 0 saturated carbocycles. The number of hydrogen-bond donors (Lipinski definition) is 1. The van der Waals surface area contributed by atoms with Gasteiger partial charge in [0.25, 0.3) is 0 Å². The molecule has 0 bridgehead atoms. The third-order valence-electron chi connectivity index (χ3n) is 4.84. The Balaban J connectivity index is 1.68. The van der Waals surface area contributed by atoms with Crippen LogP contribution in [0.2, 0.25) is 0 Å². The topological polar surface area (TPSA) is 45.5 Å². The highest BCUT2D eigenvalue weighted by Gasteiger charge is 2.15. The van der Waals surface area contributed by atoms with Crippen molar-refractivity contribution in [3.05, 3.63) is 60.9 Å². The molecule has 5 rings (SSSR count). The van der Waals surface area contributed by atoms with Crippen molar-refractivity contribution in [1.82, 2.24) is 19.7 Å². The van der Waals surface area contributed by atoms with E-state index in [9.17, 15) is 0 Å². The predicted octanol–water partition coefficient (Wildman–Crippen LogP) is 2.96. The number of anilines is 1. The molecule has 0 aliphatic carbocycles. The van der Waals surface area contributed by atoms with Crippen LogP contribution in [0.1, 0.15) is 0 Å². The lowest BCUT2D eigenvalue weighted by Crippen LogP contribution is -2.43. The highest BCUT2D eigenvalue weighted by atomic mass is 15.2. The maximum Gasteiger partial charge on any atom is 0.137 e. The van der Waals surface area contributed by atoms with E-state index in [1.165, 1.54) is 11.1 Å². The van der Waals surface area contributed by atoms with Crippen LogP contribution in [0.4, 0.5) is 5.69 Å². The van der Waals surface area contributed by atoms with Crippen molar-refractivity contribution in [3.8, 4) is 11.4 Å². The summed E-state index contributed by atoms with van der Waals surface area (Å²) in [6.07, 6.45) is 3.93. The molecule has 3 aromatic heterocycles. The molecule has 1 fully saturated rings. The first-order valence-electron chi connectivity index (χ1n) is 8.68. The van der Waals surface area contributed by atoms with Gasteiger partial charge in [-0.1, -0.05) is 24.3 Å². The Bertz CT molecular complexity index is 1050. The molecule has 0 radical (unpaired) electrons. The Morgan fingerprint density at radius 3 is 2.76 bits per heavy atom. The number of pyridine rings is 2. The van der Waals surface area contributed by atoms with E-state index in [2.05, 4.69) is 49.9 Å². The van der Waals surface area contributed by atoms with E-state index >= 15 is 0 Å². The number of imidazole rings is 1. The van der Waals surface area contributed by atoms with E-state index in [-0.39, 0.29) is 0 Å². The average Bonchev–Trinajstić information content (AvgIpc) is 3.12. The van der Waals surface area contributed by atoms with E-state index in [1.54, 1.807) is 0 Å². The minimum atomic E-state index is 0.940. The van der Waals surface area contributed by atoms with Gasteiger partial charge in [-0.25, -0.2) is 9.97 Å². The van der Waals surface area contributed by atoms with E-state index in [0.717, 1.165) is 48.7 Å². The molecule has 25 heavy (non-hydrogen) atoms. The fraction of sp³-hybridized carbons (Fsp3) is 0.200. The van der Waals surface area contributed by atoms with Crippen molar-refractivity contribution >= 4 is 22.2 Å². The second kappa shape index (κ2) is 5.86. The van der Waals surface area contributed by atoms with Gasteiger partial charge in [0.15, 0.2) is 0 Å². The Kier molecular flexibility index (Phi) is 3.38. The van der Waals surface area contributed by atoms with Crippen LogP contribution >= 0.6 is 0 Å². The summed E-state index contributed by atoms with van der Waals surface area (Å²) in [6.45, 7) is 4.06. The molecule has 5 heteroatoms. The van der Waals surface area contributed by atoms with Crippen LogP contribution in [0.5, 0.6) is 0 Å². The normalized spacial score (nSPS) is 15.1. The Hall–Kier alpha value is -2.92. The predicted molar refractivity (Wildman–Crippen MR) is 101 cm³/mol. The summed E-state index contributed by atoms with van der Waals surface area (Å²) in [6, 6.07) is 16.7. The number of nitrogens with zero attached hydrogens (tertiary/aromatic N) is 4. The average molecular weight is 329 g/mol. The zero-order valence-electron chi connectivity index (χ0n) is 13.9. The van der Waals surface area contributed by atoms with Crippen molar-refractivity contribution in [3.63, 3.8) is 0 Å². The maximum atomic E-state index is 5.02. The van der Waals surface area contributed by atoms with Gasteiger partial charge < -0.3 is 10.2 Å². The quantitative estimate of drug-likeness (QED) is 0.614. The molecule has 4 heterocycles. The van der Waals surface area contributed by atoms with Gasteiger partial charge in [0, 0.05) is 37.8 Å². The number of rotatable bonds is 2. The lowest BCUT2D eigenvalue weighted by Gasteiger charge is -2.30. The van der Waals surface area contributed by atoms with Gasteiger partial charge >= 0.3 is 0 Å². The van der Waals surface area contributed by atoms with Gasteiger partial charge in [0.05, 0.1) is 28.8 Å². The summed E-state index contributed by atoms with van der Waals surface area (Å²) in [5.74, 6) is 0. The van der Waals surface area contributed by atoms with Gasteiger partial charge in [-0.3, -0.25) is 4.40 Å². The molecule has 5 nitrogen and oxygen atoms in total. The minimum absolute atomic E-state index is 0.940. The Labute approximate surface area is 145 Å². The first kappa shape index (κ1) is 14.4. The zero-order valence-corrected chi connectivity index (χ0v) is 13.9. The monoisotopic (exact) mass is 329 g/mol. The molecule has 0 amide bonds. The van der Waals surface area contributed by atoms with Crippen LogP contribution in [0.15, 0.2) is 60.9 Å². The highest BCUT2D eigenvalue weighted by Crippen LogP contribution is 2.28. The minimum Gasteiger partial charge on any atom is -0.367 e. The lowest BCUT2D eigenvalue weighted by molar-refractivity contribution is 0.590. The second-order valence-corrected chi connectivity index (χ2v) is 6.35. The van der Waals surface area contributed by atoms with Gasteiger partial charge in [-0.05, 0) is 24.3 Å². The number of benzene rings is 1. The van der Waals surface area contributed by atoms with Crippen LogP contribution in [-0.4, -0.2) is 40.5 Å². The first-order chi connectivity index (χ1) is 12.4. The van der Waals surface area contributed by atoms with Crippen LogP contribution in [-0.2, 0) is 0 Å². The molecular weight excluding hydrogens is 310 g/mol.